The van der Waals surface area contributed by atoms with Crippen molar-refractivity contribution in [2.45, 2.75) is 19.0 Å². The van der Waals surface area contributed by atoms with Crippen molar-refractivity contribution in [3.8, 4) is 0 Å². The molecule has 1 N–H and O–H groups in total. The number of carbonyl (C=O) groups is 1. The number of aromatic nitrogens is 1. The van der Waals surface area contributed by atoms with Crippen molar-refractivity contribution < 1.29 is 13.6 Å². The van der Waals surface area contributed by atoms with Gasteiger partial charge in [-0.2, -0.15) is 0 Å². The van der Waals surface area contributed by atoms with Gasteiger partial charge in [0.2, 0.25) is 5.91 Å². The Morgan fingerprint density at radius 3 is 3.21 bits per heavy atom. The molecule has 0 saturated carbocycles. The van der Waals surface area contributed by atoms with Gasteiger partial charge < -0.3 is 19.1 Å². The average Bonchev–Trinajstić information content (AvgIpc) is 3.04. The van der Waals surface area contributed by atoms with Crippen molar-refractivity contribution in [3.05, 3.63) is 42.0 Å². The van der Waals surface area contributed by atoms with Gasteiger partial charge in [-0.05, 0) is 25.1 Å². The van der Waals surface area contributed by atoms with E-state index < -0.39 is 6.04 Å². The van der Waals surface area contributed by atoms with E-state index >= 15 is 0 Å². The van der Waals surface area contributed by atoms with Gasteiger partial charge in [-0.25, -0.2) is 4.98 Å². The van der Waals surface area contributed by atoms with Crippen molar-refractivity contribution in [1.82, 2.24) is 15.2 Å². The number of furan rings is 1. The van der Waals surface area contributed by atoms with Crippen molar-refractivity contribution in [2.75, 3.05) is 13.6 Å². The Labute approximate surface area is 110 Å². The summed E-state index contributed by atoms with van der Waals surface area (Å²) in [6.07, 6.45) is 5.35. The van der Waals surface area contributed by atoms with Crippen LogP contribution in [0.5, 0.6) is 0 Å². The molecule has 2 aromatic heterocycles. The van der Waals surface area contributed by atoms with E-state index in [1.165, 1.54) is 6.39 Å². The average molecular weight is 261 g/mol. The third-order valence-electron chi connectivity index (χ3n) is 3.38. The van der Waals surface area contributed by atoms with Gasteiger partial charge >= 0.3 is 0 Å². The lowest BCUT2D eigenvalue weighted by molar-refractivity contribution is -0.134. The van der Waals surface area contributed by atoms with Crippen LogP contribution in [0.1, 0.15) is 23.1 Å². The van der Waals surface area contributed by atoms with Gasteiger partial charge in [0, 0.05) is 6.54 Å². The fraction of sp³-hybridized carbons (Fsp3) is 0.385. The summed E-state index contributed by atoms with van der Waals surface area (Å²) in [4.78, 5) is 18.3. The summed E-state index contributed by atoms with van der Waals surface area (Å²) in [7, 11) is 1.76. The summed E-state index contributed by atoms with van der Waals surface area (Å²) in [5.41, 5.74) is 1.83. The number of hydrogen-bond acceptors (Lipinski definition) is 5. The van der Waals surface area contributed by atoms with Crippen molar-refractivity contribution >= 4 is 5.91 Å². The number of nitrogens with zero attached hydrogens (tertiary/aromatic N) is 2. The quantitative estimate of drug-likeness (QED) is 0.896. The normalized spacial score (nSPS) is 19.3. The Morgan fingerprint density at radius 1 is 1.58 bits per heavy atom. The zero-order valence-electron chi connectivity index (χ0n) is 10.6. The molecule has 2 aromatic rings. The monoisotopic (exact) mass is 261 g/mol. The Balaban J connectivity index is 1.85. The van der Waals surface area contributed by atoms with Gasteiger partial charge in [-0.1, -0.05) is 0 Å². The molecule has 1 aliphatic heterocycles. The maximum atomic E-state index is 12.5. The molecule has 19 heavy (non-hydrogen) atoms. The minimum absolute atomic E-state index is 0.000741. The number of fused-ring (bicyclic) bond motifs is 1. The van der Waals surface area contributed by atoms with Gasteiger partial charge in [0.15, 0.2) is 6.39 Å². The predicted molar refractivity (Wildman–Crippen MR) is 66.1 cm³/mol. The van der Waals surface area contributed by atoms with Crippen LogP contribution in [-0.2, 0) is 17.8 Å². The zero-order valence-corrected chi connectivity index (χ0v) is 10.6. The first-order valence-corrected chi connectivity index (χ1v) is 6.19. The SMILES string of the molecule is CNC1C(=O)N(Cc2cocn2)CCc2ccoc21. The van der Waals surface area contributed by atoms with Crippen LogP contribution in [0.3, 0.4) is 0 Å². The van der Waals surface area contributed by atoms with Gasteiger partial charge in [0.1, 0.15) is 18.1 Å². The lowest BCUT2D eigenvalue weighted by Gasteiger charge is -2.22. The van der Waals surface area contributed by atoms with Crippen molar-refractivity contribution in [2.24, 2.45) is 0 Å². The van der Waals surface area contributed by atoms with Gasteiger partial charge in [0.05, 0.1) is 18.5 Å². The molecule has 0 aromatic carbocycles. The highest BCUT2D eigenvalue weighted by Crippen LogP contribution is 2.26. The van der Waals surface area contributed by atoms with Crippen LogP contribution in [0.15, 0.2) is 33.8 Å². The van der Waals surface area contributed by atoms with Crippen molar-refractivity contribution in [1.29, 1.82) is 0 Å². The van der Waals surface area contributed by atoms with Crippen molar-refractivity contribution in [3.63, 3.8) is 0 Å². The molecule has 1 amide bonds. The number of oxazole rings is 1. The molecule has 1 unspecified atom stereocenters. The number of amides is 1. The van der Waals surface area contributed by atoms with Crippen LogP contribution >= 0.6 is 0 Å². The molecule has 0 aliphatic carbocycles. The summed E-state index contributed by atoms with van der Waals surface area (Å²) in [6, 6.07) is 1.49. The first-order valence-electron chi connectivity index (χ1n) is 6.19. The largest absolute Gasteiger partial charge is 0.467 e. The van der Waals surface area contributed by atoms with E-state index in [-0.39, 0.29) is 5.91 Å². The summed E-state index contributed by atoms with van der Waals surface area (Å²) >= 11 is 0. The maximum Gasteiger partial charge on any atom is 0.247 e. The fourth-order valence-electron chi connectivity index (χ4n) is 2.39. The van der Waals surface area contributed by atoms with E-state index in [0.717, 1.165) is 23.4 Å². The van der Waals surface area contributed by atoms with Crippen LogP contribution in [0.4, 0.5) is 0 Å². The smallest absolute Gasteiger partial charge is 0.247 e. The summed E-state index contributed by atoms with van der Waals surface area (Å²) < 4.78 is 10.4. The molecule has 0 fully saturated rings. The Hall–Kier alpha value is -2.08. The van der Waals surface area contributed by atoms with E-state index in [1.807, 2.05) is 6.07 Å². The molecule has 0 bridgehead atoms. The summed E-state index contributed by atoms with van der Waals surface area (Å²) in [5, 5.41) is 3.02. The molecule has 0 spiro atoms. The number of rotatable bonds is 3. The van der Waals surface area contributed by atoms with E-state index in [4.69, 9.17) is 8.83 Å². The summed E-state index contributed by atoms with van der Waals surface area (Å²) in [6.45, 7) is 1.11. The second-order valence-corrected chi connectivity index (χ2v) is 4.52. The minimum Gasteiger partial charge on any atom is -0.467 e. The highest BCUT2D eigenvalue weighted by molar-refractivity contribution is 5.83. The topological polar surface area (TPSA) is 71.5 Å². The number of nitrogens with one attached hydrogen (secondary N) is 1. The first-order chi connectivity index (χ1) is 9.29. The van der Waals surface area contributed by atoms with Crippen LogP contribution < -0.4 is 5.32 Å². The summed E-state index contributed by atoms with van der Waals surface area (Å²) in [5.74, 6) is 0.717. The van der Waals surface area contributed by atoms with E-state index in [2.05, 4.69) is 10.3 Å². The van der Waals surface area contributed by atoms with Crippen LogP contribution in [0.25, 0.3) is 0 Å². The highest BCUT2D eigenvalue weighted by atomic mass is 16.3. The molecule has 3 heterocycles. The molecule has 100 valence electrons. The molecule has 0 radical (unpaired) electrons. The molecule has 1 atom stereocenters. The standard InChI is InChI=1S/C13H15N3O3/c1-14-11-12-9(3-5-19-12)2-4-16(13(11)17)6-10-7-18-8-15-10/h3,5,7-8,11,14H,2,4,6H2,1H3. The number of hydrogen-bond donors (Lipinski definition) is 1. The van der Waals surface area contributed by atoms with E-state index in [0.29, 0.717) is 13.1 Å². The van der Waals surface area contributed by atoms with Crippen LogP contribution in [-0.4, -0.2) is 29.4 Å². The molecule has 0 saturated heterocycles. The molecular weight excluding hydrogens is 246 g/mol. The minimum atomic E-state index is -0.431. The van der Waals surface area contributed by atoms with E-state index in [9.17, 15) is 4.79 Å². The lowest BCUT2D eigenvalue weighted by atomic mass is 10.1. The second-order valence-electron chi connectivity index (χ2n) is 4.52. The Bertz CT molecular complexity index is 561. The van der Waals surface area contributed by atoms with Gasteiger partial charge in [-0.15, -0.1) is 0 Å². The highest BCUT2D eigenvalue weighted by Gasteiger charge is 2.32. The van der Waals surface area contributed by atoms with Crippen LogP contribution in [0.2, 0.25) is 0 Å². The van der Waals surface area contributed by atoms with Crippen LogP contribution in [0, 0.1) is 0 Å². The number of carbonyl (C=O) groups excluding carboxylic acids is 1. The van der Waals surface area contributed by atoms with E-state index in [1.54, 1.807) is 24.5 Å². The first kappa shape index (κ1) is 12.0. The Kier molecular flexibility index (Phi) is 3.08. The fourth-order valence-corrected chi connectivity index (χ4v) is 2.39. The van der Waals surface area contributed by atoms with Gasteiger partial charge in [-0.3, -0.25) is 4.79 Å². The molecule has 6 heteroatoms. The zero-order chi connectivity index (χ0) is 13.2. The third-order valence-corrected chi connectivity index (χ3v) is 3.38. The van der Waals surface area contributed by atoms with Gasteiger partial charge in [0.25, 0.3) is 0 Å². The molecule has 3 rings (SSSR count). The third kappa shape index (κ3) is 2.15. The maximum absolute atomic E-state index is 12.5. The molecule has 6 nitrogen and oxygen atoms in total. The second kappa shape index (κ2) is 4.89. The lowest BCUT2D eigenvalue weighted by Crippen LogP contribution is -2.38. The Morgan fingerprint density at radius 2 is 2.47 bits per heavy atom. The molecular formula is C13H15N3O3. The number of likely N-dealkylation sites (N-methyl/N-ethyl adjacent to an activating group) is 1. The predicted octanol–water partition coefficient (Wildman–Crippen LogP) is 1.11. The molecule has 1 aliphatic rings.